The minimum Gasteiger partial charge on any atom is -0.496 e. The molecule has 0 aliphatic carbocycles. The molecule has 1 atom stereocenters. The van der Waals surface area contributed by atoms with Crippen LogP contribution in [0.25, 0.3) is 0 Å². The SMILES string of the molecule is COC(=O)C1Cc2c(cccc2Cc2ccc(OC)c(C)c2)CN1. The van der Waals surface area contributed by atoms with Crippen LogP contribution >= 0.6 is 0 Å². The molecule has 0 bridgehead atoms. The first-order valence-electron chi connectivity index (χ1n) is 8.16. The molecule has 1 heterocycles. The number of methoxy groups -OCH3 is 2. The highest BCUT2D eigenvalue weighted by molar-refractivity contribution is 5.76. The molecule has 4 nitrogen and oxygen atoms in total. The van der Waals surface area contributed by atoms with E-state index in [-0.39, 0.29) is 12.0 Å². The summed E-state index contributed by atoms with van der Waals surface area (Å²) in [5.74, 6) is 0.708. The smallest absolute Gasteiger partial charge is 0.323 e. The Bertz CT molecular complexity index is 755. The highest BCUT2D eigenvalue weighted by atomic mass is 16.5. The standard InChI is InChI=1S/C20H23NO3/c1-13-9-14(7-8-19(13)23-2)10-15-5-4-6-16-12-21-18(11-17(15)16)20(22)24-3/h4-9,18,21H,10-12H2,1-3H3. The van der Waals surface area contributed by atoms with Crippen LogP contribution in [0.4, 0.5) is 0 Å². The van der Waals surface area contributed by atoms with Crippen molar-refractivity contribution in [1.82, 2.24) is 5.32 Å². The summed E-state index contributed by atoms with van der Waals surface area (Å²) in [6, 6.07) is 12.4. The highest BCUT2D eigenvalue weighted by Gasteiger charge is 2.26. The van der Waals surface area contributed by atoms with E-state index in [0.717, 1.165) is 17.7 Å². The van der Waals surface area contributed by atoms with Crippen LogP contribution in [0.1, 0.15) is 27.8 Å². The Balaban J connectivity index is 1.87. The molecule has 3 rings (SSSR count). The first kappa shape index (κ1) is 16.5. The van der Waals surface area contributed by atoms with E-state index in [1.807, 2.05) is 6.07 Å². The van der Waals surface area contributed by atoms with E-state index in [0.29, 0.717) is 13.0 Å². The maximum atomic E-state index is 11.9. The van der Waals surface area contributed by atoms with Crippen LogP contribution in [0.5, 0.6) is 5.75 Å². The van der Waals surface area contributed by atoms with E-state index in [9.17, 15) is 4.79 Å². The Labute approximate surface area is 142 Å². The summed E-state index contributed by atoms with van der Waals surface area (Å²) in [5, 5.41) is 3.25. The van der Waals surface area contributed by atoms with E-state index >= 15 is 0 Å². The average molecular weight is 325 g/mol. The number of ether oxygens (including phenoxy) is 2. The zero-order chi connectivity index (χ0) is 17.1. The van der Waals surface area contributed by atoms with E-state index in [4.69, 9.17) is 9.47 Å². The van der Waals surface area contributed by atoms with Gasteiger partial charge in [0.25, 0.3) is 0 Å². The molecule has 1 aliphatic rings. The Hall–Kier alpha value is -2.33. The number of benzene rings is 2. The molecule has 126 valence electrons. The highest BCUT2D eigenvalue weighted by Crippen LogP contribution is 2.26. The summed E-state index contributed by atoms with van der Waals surface area (Å²) in [6.07, 6.45) is 1.52. The van der Waals surface area contributed by atoms with Crippen molar-refractivity contribution in [1.29, 1.82) is 0 Å². The fourth-order valence-electron chi connectivity index (χ4n) is 3.37. The zero-order valence-corrected chi connectivity index (χ0v) is 14.4. The lowest BCUT2D eigenvalue weighted by atomic mass is 9.88. The van der Waals surface area contributed by atoms with Gasteiger partial charge < -0.3 is 14.8 Å². The van der Waals surface area contributed by atoms with Crippen molar-refractivity contribution in [2.45, 2.75) is 32.4 Å². The van der Waals surface area contributed by atoms with Crippen LogP contribution in [0.15, 0.2) is 36.4 Å². The van der Waals surface area contributed by atoms with Gasteiger partial charge >= 0.3 is 5.97 Å². The van der Waals surface area contributed by atoms with Crippen LogP contribution in [-0.4, -0.2) is 26.2 Å². The van der Waals surface area contributed by atoms with Gasteiger partial charge in [0.1, 0.15) is 11.8 Å². The summed E-state index contributed by atoms with van der Waals surface area (Å²) in [5.41, 5.74) is 6.18. The minimum atomic E-state index is -0.263. The molecule has 1 aliphatic heterocycles. The van der Waals surface area contributed by atoms with E-state index in [1.165, 1.54) is 29.4 Å². The molecular weight excluding hydrogens is 302 g/mol. The van der Waals surface area contributed by atoms with Crippen molar-refractivity contribution in [3.8, 4) is 5.75 Å². The van der Waals surface area contributed by atoms with E-state index in [2.05, 4.69) is 42.6 Å². The molecule has 0 spiro atoms. The lowest BCUT2D eigenvalue weighted by molar-refractivity contribution is -0.143. The van der Waals surface area contributed by atoms with Gasteiger partial charge in [0.15, 0.2) is 0 Å². The Morgan fingerprint density at radius 2 is 2.08 bits per heavy atom. The Kier molecular flexibility index (Phi) is 4.86. The number of esters is 1. The van der Waals surface area contributed by atoms with Gasteiger partial charge in [-0.1, -0.05) is 30.3 Å². The second kappa shape index (κ2) is 7.05. The normalized spacial score (nSPS) is 16.4. The van der Waals surface area contributed by atoms with Crippen LogP contribution < -0.4 is 10.1 Å². The topological polar surface area (TPSA) is 47.6 Å². The summed E-state index contributed by atoms with van der Waals surface area (Å²) in [4.78, 5) is 11.9. The van der Waals surface area contributed by atoms with Crippen molar-refractivity contribution < 1.29 is 14.3 Å². The van der Waals surface area contributed by atoms with E-state index < -0.39 is 0 Å². The zero-order valence-electron chi connectivity index (χ0n) is 14.4. The van der Waals surface area contributed by atoms with Gasteiger partial charge in [0, 0.05) is 6.54 Å². The maximum absolute atomic E-state index is 11.9. The number of nitrogens with one attached hydrogen (secondary N) is 1. The quantitative estimate of drug-likeness (QED) is 0.878. The van der Waals surface area contributed by atoms with Gasteiger partial charge in [-0.3, -0.25) is 4.79 Å². The third kappa shape index (κ3) is 3.29. The van der Waals surface area contributed by atoms with Gasteiger partial charge in [-0.2, -0.15) is 0 Å². The maximum Gasteiger partial charge on any atom is 0.323 e. The molecule has 1 unspecified atom stereocenters. The van der Waals surface area contributed by atoms with Gasteiger partial charge in [0.05, 0.1) is 14.2 Å². The van der Waals surface area contributed by atoms with Crippen molar-refractivity contribution in [3.63, 3.8) is 0 Å². The van der Waals surface area contributed by atoms with Gasteiger partial charge in [-0.25, -0.2) is 0 Å². The number of aryl methyl sites for hydroxylation is 1. The molecule has 0 saturated carbocycles. The van der Waals surface area contributed by atoms with Crippen LogP contribution in [0.3, 0.4) is 0 Å². The number of hydrogen-bond acceptors (Lipinski definition) is 4. The lowest BCUT2D eigenvalue weighted by Gasteiger charge is -2.26. The largest absolute Gasteiger partial charge is 0.496 e. The predicted octanol–water partition coefficient (Wildman–Crippen LogP) is 2.78. The summed E-state index contributed by atoms with van der Waals surface area (Å²) >= 11 is 0. The van der Waals surface area contributed by atoms with Crippen molar-refractivity contribution >= 4 is 5.97 Å². The number of fused-ring (bicyclic) bond motifs is 1. The molecular formula is C20H23NO3. The molecule has 2 aromatic carbocycles. The molecule has 0 saturated heterocycles. The number of carbonyl (C=O) groups is 1. The van der Waals surface area contributed by atoms with Crippen molar-refractivity contribution in [3.05, 3.63) is 64.2 Å². The van der Waals surface area contributed by atoms with E-state index in [1.54, 1.807) is 7.11 Å². The van der Waals surface area contributed by atoms with Gasteiger partial charge in [0.2, 0.25) is 0 Å². The fourth-order valence-corrected chi connectivity index (χ4v) is 3.37. The lowest BCUT2D eigenvalue weighted by Crippen LogP contribution is -2.42. The monoisotopic (exact) mass is 325 g/mol. The average Bonchev–Trinajstić information content (AvgIpc) is 2.61. The van der Waals surface area contributed by atoms with Gasteiger partial charge in [-0.15, -0.1) is 0 Å². The summed E-state index contributed by atoms with van der Waals surface area (Å²) < 4.78 is 10.2. The Morgan fingerprint density at radius 1 is 1.25 bits per heavy atom. The molecule has 0 aromatic heterocycles. The van der Waals surface area contributed by atoms with Crippen molar-refractivity contribution in [2.24, 2.45) is 0 Å². The number of hydrogen-bond donors (Lipinski definition) is 1. The molecule has 24 heavy (non-hydrogen) atoms. The molecule has 1 N–H and O–H groups in total. The van der Waals surface area contributed by atoms with Crippen molar-refractivity contribution in [2.75, 3.05) is 14.2 Å². The minimum absolute atomic E-state index is 0.198. The first-order chi connectivity index (χ1) is 11.6. The summed E-state index contributed by atoms with van der Waals surface area (Å²) in [6.45, 7) is 2.75. The second-order valence-electron chi connectivity index (χ2n) is 6.20. The fraction of sp³-hybridized carbons (Fsp3) is 0.350. The van der Waals surface area contributed by atoms with Crippen LogP contribution in [0.2, 0.25) is 0 Å². The summed E-state index contributed by atoms with van der Waals surface area (Å²) in [7, 11) is 3.13. The molecule has 0 amide bonds. The molecule has 4 heteroatoms. The molecule has 2 aromatic rings. The van der Waals surface area contributed by atoms with Crippen LogP contribution in [0, 0.1) is 6.92 Å². The third-order valence-corrected chi connectivity index (χ3v) is 4.66. The predicted molar refractivity (Wildman–Crippen MR) is 93.3 cm³/mol. The van der Waals surface area contributed by atoms with Gasteiger partial charge in [-0.05, 0) is 53.6 Å². The molecule has 0 radical (unpaired) electrons. The third-order valence-electron chi connectivity index (χ3n) is 4.66. The first-order valence-corrected chi connectivity index (χ1v) is 8.16. The Morgan fingerprint density at radius 3 is 2.79 bits per heavy atom. The van der Waals surface area contributed by atoms with Crippen LogP contribution in [-0.2, 0) is 28.9 Å². The number of rotatable bonds is 4. The molecule has 0 fully saturated rings. The number of carbonyl (C=O) groups excluding carboxylic acids is 1. The second-order valence-corrected chi connectivity index (χ2v) is 6.20.